The number of alkyl halides is 1. The standard InChI is InChI=1S/C7H4BrClN2S/c8-3-5-10-6(9)4-1-2-12-7(4)11-5/h1-2H,3H2. The van der Waals surface area contributed by atoms with Crippen LogP contribution in [0.25, 0.3) is 10.2 Å². The predicted octanol–water partition coefficient (Wildman–Crippen LogP) is 3.24. The Balaban J connectivity index is 2.75. The van der Waals surface area contributed by atoms with Crippen molar-refractivity contribution < 1.29 is 0 Å². The number of aromatic nitrogens is 2. The van der Waals surface area contributed by atoms with Crippen molar-refractivity contribution in [1.29, 1.82) is 0 Å². The molecule has 0 bridgehead atoms. The van der Waals surface area contributed by atoms with Gasteiger partial charge in [-0.1, -0.05) is 27.5 Å². The maximum Gasteiger partial charge on any atom is 0.142 e. The fourth-order valence-electron chi connectivity index (χ4n) is 0.920. The van der Waals surface area contributed by atoms with Crippen molar-refractivity contribution in [2.24, 2.45) is 0 Å². The lowest BCUT2D eigenvalue weighted by molar-refractivity contribution is 1.08. The second kappa shape index (κ2) is 3.28. The molecule has 5 heteroatoms. The lowest BCUT2D eigenvalue weighted by Gasteiger charge is -1.95. The molecule has 2 rings (SSSR count). The van der Waals surface area contributed by atoms with Crippen LogP contribution in [-0.2, 0) is 5.33 Å². The molecule has 0 atom stereocenters. The zero-order valence-corrected chi connectivity index (χ0v) is 9.08. The molecule has 0 spiro atoms. The van der Waals surface area contributed by atoms with E-state index in [1.807, 2.05) is 11.4 Å². The molecule has 0 aromatic carbocycles. The van der Waals surface area contributed by atoms with Crippen molar-refractivity contribution in [3.63, 3.8) is 0 Å². The Labute approximate surface area is 86.7 Å². The van der Waals surface area contributed by atoms with Crippen LogP contribution in [0.3, 0.4) is 0 Å². The molecule has 12 heavy (non-hydrogen) atoms. The lowest BCUT2D eigenvalue weighted by atomic mass is 10.4. The van der Waals surface area contributed by atoms with Crippen LogP contribution >= 0.6 is 38.9 Å². The van der Waals surface area contributed by atoms with Gasteiger partial charge in [0.15, 0.2) is 0 Å². The monoisotopic (exact) mass is 262 g/mol. The summed E-state index contributed by atoms with van der Waals surface area (Å²) in [6.45, 7) is 0. The summed E-state index contributed by atoms with van der Waals surface area (Å²) < 4.78 is 0. The van der Waals surface area contributed by atoms with Gasteiger partial charge in [0.05, 0.1) is 5.33 Å². The molecule has 0 saturated carbocycles. The topological polar surface area (TPSA) is 25.8 Å². The Morgan fingerprint density at radius 3 is 3.08 bits per heavy atom. The minimum absolute atomic E-state index is 0.538. The highest BCUT2D eigenvalue weighted by molar-refractivity contribution is 9.08. The number of fused-ring (bicyclic) bond motifs is 1. The molecular weight excluding hydrogens is 260 g/mol. The number of thiophene rings is 1. The van der Waals surface area contributed by atoms with Crippen molar-refractivity contribution in [3.05, 3.63) is 22.4 Å². The molecule has 0 aliphatic rings. The number of hydrogen-bond donors (Lipinski definition) is 0. The predicted molar refractivity (Wildman–Crippen MR) is 55.1 cm³/mol. The van der Waals surface area contributed by atoms with Gasteiger partial charge >= 0.3 is 0 Å². The Morgan fingerprint density at radius 1 is 1.50 bits per heavy atom. The summed E-state index contributed by atoms with van der Waals surface area (Å²) in [5.41, 5.74) is 0. The molecule has 0 amide bonds. The molecule has 0 fully saturated rings. The molecule has 62 valence electrons. The zero-order valence-electron chi connectivity index (χ0n) is 5.92. The van der Waals surface area contributed by atoms with E-state index in [2.05, 4.69) is 25.9 Å². The first kappa shape index (κ1) is 8.41. The molecule has 2 aromatic rings. The zero-order chi connectivity index (χ0) is 8.55. The van der Waals surface area contributed by atoms with Gasteiger partial charge < -0.3 is 0 Å². The minimum Gasteiger partial charge on any atom is -0.221 e. The summed E-state index contributed by atoms with van der Waals surface area (Å²) in [5, 5.41) is 4.08. The van der Waals surface area contributed by atoms with Gasteiger partial charge in [-0.3, -0.25) is 0 Å². The quantitative estimate of drug-likeness (QED) is 0.583. The second-order valence-corrected chi connectivity index (χ2v) is 4.02. The summed E-state index contributed by atoms with van der Waals surface area (Å²) in [6.07, 6.45) is 0. The molecule has 2 heterocycles. The van der Waals surface area contributed by atoms with Gasteiger partial charge in [-0.2, -0.15) is 0 Å². The van der Waals surface area contributed by atoms with Gasteiger partial charge in [-0.25, -0.2) is 9.97 Å². The van der Waals surface area contributed by atoms with Crippen molar-refractivity contribution in [3.8, 4) is 0 Å². The van der Waals surface area contributed by atoms with Crippen LogP contribution in [0.1, 0.15) is 5.82 Å². The lowest BCUT2D eigenvalue weighted by Crippen LogP contribution is -1.90. The molecule has 2 aromatic heterocycles. The Hall–Kier alpha value is -0.190. The average molecular weight is 264 g/mol. The number of rotatable bonds is 1. The Kier molecular flexibility index (Phi) is 2.30. The summed E-state index contributed by atoms with van der Waals surface area (Å²) in [7, 11) is 0. The third-order valence-corrected chi connectivity index (χ3v) is 3.04. The van der Waals surface area contributed by atoms with Crippen LogP contribution in [0.5, 0.6) is 0 Å². The number of hydrogen-bond acceptors (Lipinski definition) is 3. The molecule has 0 aliphatic carbocycles. The van der Waals surface area contributed by atoms with Gasteiger partial charge in [0.25, 0.3) is 0 Å². The van der Waals surface area contributed by atoms with Crippen LogP contribution in [0.2, 0.25) is 5.15 Å². The normalized spacial score (nSPS) is 10.8. The maximum atomic E-state index is 5.92. The SMILES string of the molecule is Clc1nc(CBr)nc2sccc12. The number of halogens is 2. The van der Waals surface area contributed by atoms with E-state index >= 15 is 0 Å². The molecule has 2 nitrogen and oxygen atoms in total. The van der Waals surface area contributed by atoms with E-state index < -0.39 is 0 Å². The van der Waals surface area contributed by atoms with Gasteiger partial charge in [0, 0.05) is 5.39 Å². The van der Waals surface area contributed by atoms with Crippen molar-refractivity contribution in [2.75, 3.05) is 0 Å². The third kappa shape index (κ3) is 1.34. The molecule has 0 saturated heterocycles. The highest BCUT2D eigenvalue weighted by Crippen LogP contribution is 2.24. The van der Waals surface area contributed by atoms with E-state index in [0.29, 0.717) is 10.5 Å². The summed E-state index contributed by atoms with van der Waals surface area (Å²) in [6, 6.07) is 1.93. The van der Waals surface area contributed by atoms with E-state index in [0.717, 1.165) is 16.0 Å². The first-order valence-electron chi connectivity index (χ1n) is 3.27. The fourth-order valence-corrected chi connectivity index (χ4v) is 2.26. The van der Waals surface area contributed by atoms with Gasteiger partial charge in [0.1, 0.15) is 15.8 Å². The third-order valence-electron chi connectivity index (χ3n) is 1.44. The van der Waals surface area contributed by atoms with Crippen LogP contribution in [0.4, 0.5) is 0 Å². The highest BCUT2D eigenvalue weighted by atomic mass is 79.9. The van der Waals surface area contributed by atoms with E-state index in [9.17, 15) is 0 Å². The Bertz CT molecular complexity index is 415. The molecule has 0 aliphatic heterocycles. The summed E-state index contributed by atoms with van der Waals surface area (Å²) >= 11 is 10.8. The van der Waals surface area contributed by atoms with Crippen LogP contribution in [0.15, 0.2) is 11.4 Å². The van der Waals surface area contributed by atoms with Crippen molar-refractivity contribution in [1.82, 2.24) is 9.97 Å². The van der Waals surface area contributed by atoms with E-state index in [-0.39, 0.29) is 0 Å². The maximum absolute atomic E-state index is 5.92. The van der Waals surface area contributed by atoms with E-state index in [1.165, 1.54) is 0 Å². The van der Waals surface area contributed by atoms with Gasteiger partial charge in [-0.15, -0.1) is 11.3 Å². The largest absolute Gasteiger partial charge is 0.221 e. The number of nitrogens with zero attached hydrogens (tertiary/aromatic N) is 2. The molecule has 0 unspecified atom stereocenters. The summed E-state index contributed by atoms with van der Waals surface area (Å²) in [5.74, 6) is 0.731. The first-order chi connectivity index (χ1) is 5.81. The average Bonchev–Trinajstić information content (AvgIpc) is 2.52. The smallest absolute Gasteiger partial charge is 0.142 e. The van der Waals surface area contributed by atoms with E-state index in [1.54, 1.807) is 11.3 Å². The van der Waals surface area contributed by atoms with Gasteiger partial charge in [0.2, 0.25) is 0 Å². The first-order valence-corrected chi connectivity index (χ1v) is 5.65. The van der Waals surface area contributed by atoms with Crippen molar-refractivity contribution in [2.45, 2.75) is 5.33 Å². The Morgan fingerprint density at radius 2 is 2.33 bits per heavy atom. The molecular formula is C7H4BrClN2S. The summed E-state index contributed by atoms with van der Waals surface area (Å²) in [4.78, 5) is 9.35. The van der Waals surface area contributed by atoms with Crippen LogP contribution in [0, 0.1) is 0 Å². The fraction of sp³-hybridized carbons (Fsp3) is 0.143. The van der Waals surface area contributed by atoms with Crippen LogP contribution < -0.4 is 0 Å². The highest BCUT2D eigenvalue weighted by Gasteiger charge is 2.05. The minimum atomic E-state index is 0.538. The van der Waals surface area contributed by atoms with Crippen LogP contribution in [-0.4, -0.2) is 9.97 Å². The van der Waals surface area contributed by atoms with Gasteiger partial charge in [-0.05, 0) is 11.4 Å². The van der Waals surface area contributed by atoms with E-state index in [4.69, 9.17) is 11.6 Å². The second-order valence-electron chi connectivity index (χ2n) is 2.20. The molecule has 0 N–H and O–H groups in total. The molecule has 0 radical (unpaired) electrons. The van der Waals surface area contributed by atoms with Crippen molar-refractivity contribution >= 4 is 49.1 Å².